The molecular weight excluding hydrogens is 555 g/mol. The minimum absolute atomic E-state index is 0.112. The van der Waals surface area contributed by atoms with Crippen molar-refractivity contribution in [2.45, 2.75) is 25.3 Å². The van der Waals surface area contributed by atoms with Gasteiger partial charge < -0.3 is 4.90 Å². The summed E-state index contributed by atoms with van der Waals surface area (Å²) >= 11 is 1.72. The maximum absolute atomic E-state index is 13.8. The molecular formula is C41H29NOS. The normalized spacial score (nSPS) is 15.9. The van der Waals surface area contributed by atoms with Gasteiger partial charge in [0.1, 0.15) is 0 Å². The lowest BCUT2D eigenvalue weighted by Crippen LogP contribution is -2.28. The topological polar surface area (TPSA) is 20.3 Å². The molecule has 44 heavy (non-hydrogen) atoms. The summed E-state index contributed by atoms with van der Waals surface area (Å²) in [5.74, 6) is 0. The van der Waals surface area contributed by atoms with Crippen molar-refractivity contribution in [1.82, 2.24) is 0 Å². The first kappa shape index (κ1) is 25.5. The Morgan fingerprint density at radius 3 is 1.89 bits per heavy atom. The van der Waals surface area contributed by atoms with Crippen molar-refractivity contribution in [3.05, 3.63) is 166 Å². The van der Waals surface area contributed by atoms with E-state index < -0.39 is 5.41 Å². The van der Waals surface area contributed by atoms with Crippen LogP contribution in [0.15, 0.2) is 138 Å². The molecule has 7 aromatic rings. The maximum atomic E-state index is 13.8. The fourth-order valence-electron chi connectivity index (χ4n) is 7.90. The summed E-state index contributed by atoms with van der Waals surface area (Å²) in [5, 5.41) is 1.59. The van der Waals surface area contributed by atoms with E-state index in [9.17, 15) is 4.79 Å². The molecule has 0 aliphatic heterocycles. The van der Waals surface area contributed by atoms with Gasteiger partial charge in [-0.1, -0.05) is 84.9 Å². The van der Waals surface area contributed by atoms with Gasteiger partial charge in [0.05, 0.1) is 5.41 Å². The Labute approximate surface area is 260 Å². The van der Waals surface area contributed by atoms with Crippen molar-refractivity contribution in [1.29, 1.82) is 0 Å². The molecule has 2 nitrogen and oxygen atoms in total. The summed E-state index contributed by atoms with van der Waals surface area (Å²) in [6.45, 7) is 4.51. The second-order valence-electron chi connectivity index (χ2n) is 12.2. The quantitative estimate of drug-likeness (QED) is 0.193. The van der Waals surface area contributed by atoms with Gasteiger partial charge in [-0.3, -0.25) is 4.79 Å². The molecule has 0 fully saturated rings. The van der Waals surface area contributed by atoms with E-state index in [0.717, 1.165) is 25.7 Å². The maximum Gasteiger partial charge on any atom is 0.195 e. The number of para-hydroxylation sites is 1. The smallest absolute Gasteiger partial charge is 0.195 e. The van der Waals surface area contributed by atoms with Gasteiger partial charge in [0.15, 0.2) is 5.43 Å². The molecule has 0 amide bonds. The van der Waals surface area contributed by atoms with Crippen molar-refractivity contribution < 1.29 is 0 Å². The fourth-order valence-corrected chi connectivity index (χ4v) is 9.00. The predicted octanol–water partition coefficient (Wildman–Crippen LogP) is 10.3. The Morgan fingerprint density at radius 2 is 1.14 bits per heavy atom. The average molecular weight is 584 g/mol. The van der Waals surface area contributed by atoms with Crippen LogP contribution < -0.4 is 10.3 Å². The van der Waals surface area contributed by atoms with E-state index in [0.29, 0.717) is 0 Å². The Kier molecular flexibility index (Phi) is 5.36. The largest absolute Gasteiger partial charge is 0.339 e. The molecule has 2 aliphatic carbocycles. The van der Waals surface area contributed by atoms with Gasteiger partial charge >= 0.3 is 0 Å². The zero-order valence-electron chi connectivity index (χ0n) is 24.5. The summed E-state index contributed by atoms with van der Waals surface area (Å²) in [6.07, 6.45) is 0. The predicted molar refractivity (Wildman–Crippen MR) is 186 cm³/mol. The zero-order chi connectivity index (χ0) is 29.6. The Bertz CT molecular complexity index is 2350. The zero-order valence-corrected chi connectivity index (χ0v) is 25.4. The van der Waals surface area contributed by atoms with E-state index in [1.54, 1.807) is 11.3 Å². The minimum Gasteiger partial charge on any atom is -0.339 e. The van der Waals surface area contributed by atoms with Crippen molar-refractivity contribution in [3.63, 3.8) is 0 Å². The van der Waals surface area contributed by atoms with E-state index >= 15 is 0 Å². The second-order valence-corrected chi connectivity index (χ2v) is 13.3. The van der Waals surface area contributed by atoms with Gasteiger partial charge in [0, 0.05) is 37.6 Å². The lowest BCUT2D eigenvalue weighted by atomic mass is 9.70. The van der Waals surface area contributed by atoms with Crippen LogP contribution >= 0.6 is 11.3 Å². The van der Waals surface area contributed by atoms with Crippen LogP contribution in [0, 0.1) is 0 Å². The Morgan fingerprint density at radius 1 is 0.523 bits per heavy atom. The summed E-state index contributed by atoms with van der Waals surface area (Å²) in [4.78, 5) is 16.3. The molecule has 1 atom stereocenters. The first-order valence-electron chi connectivity index (χ1n) is 15.3. The molecule has 1 heterocycles. The number of rotatable bonds is 3. The summed E-state index contributed by atoms with van der Waals surface area (Å²) < 4.78 is 2.06. The molecule has 9 rings (SSSR count). The van der Waals surface area contributed by atoms with Gasteiger partial charge in [-0.15, -0.1) is 11.3 Å². The molecule has 1 aromatic heterocycles. The van der Waals surface area contributed by atoms with Gasteiger partial charge in [-0.25, -0.2) is 0 Å². The monoisotopic (exact) mass is 583 g/mol. The molecule has 0 saturated heterocycles. The minimum atomic E-state index is -0.483. The van der Waals surface area contributed by atoms with Gasteiger partial charge in [-0.05, 0) is 107 Å². The van der Waals surface area contributed by atoms with E-state index in [-0.39, 0.29) is 11.5 Å². The van der Waals surface area contributed by atoms with Crippen LogP contribution in [0.4, 0.5) is 11.4 Å². The molecule has 6 aromatic carbocycles. The number of benzene rings is 6. The average Bonchev–Trinajstić information content (AvgIpc) is 3.51. The molecule has 0 N–H and O–H groups in total. The fraction of sp³-hybridized carbons (Fsp3) is 0.0976. The Balaban J connectivity index is 1.40. The van der Waals surface area contributed by atoms with E-state index in [1.807, 2.05) is 18.2 Å². The Hall–Kier alpha value is -4.99. The highest BCUT2D eigenvalue weighted by molar-refractivity contribution is 7.24. The number of hydrogen-bond donors (Lipinski definition) is 0. The summed E-state index contributed by atoms with van der Waals surface area (Å²) in [5.41, 5.74) is 12.1. The van der Waals surface area contributed by atoms with Crippen LogP contribution in [0.25, 0.3) is 42.4 Å². The molecule has 0 bridgehead atoms. The highest BCUT2D eigenvalue weighted by Gasteiger charge is 2.52. The number of anilines is 2. The van der Waals surface area contributed by atoms with E-state index in [2.05, 4.69) is 134 Å². The lowest BCUT2D eigenvalue weighted by Gasteiger charge is -2.33. The third-order valence-corrected chi connectivity index (χ3v) is 10.7. The van der Waals surface area contributed by atoms with Crippen molar-refractivity contribution in [2.24, 2.45) is 0 Å². The third-order valence-electron chi connectivity index (χ3n) is 9.60. The lowest BCUT2D eigenvalue weighted by molar-refractivity contribution is 0.776. The third kappa shape index (κ3) is 3.28. The molecule has 210 valence electrons. The standard InChI is InChI=1S/C41H29NOS/c1-25(2)42(26-12-4-3-5-13-26)27-20-21-30-28-14-6-9-17-34(28)41(36(30)22-27)35-18-10-7-15-29(35)32-23-33-39(24-37(32)41)44-38-19-11-8-16-31(38)40(33)43/h3-25H,1-2H3. The van der Waals surface area contributed by atoms with Crippen LogP contribution in [0.3, 0.4) is 0 Å². The van der Waals surface area contributed by atoms with Crippen molar-refractivity contribution in [3.8, 4) is 22.3 Å². The van der Waals surface area contributed by atoms with Gasteiger partial charge in [-0.2, -0.15) is 0 Å². The van der Waals surface area contributed by atoms with E-state index in [4.69, 9.17) is 0 Å². The highest BCUT2D eigenvalue weighted by Crippen LogP contribution is 2.63. The van der Waals surface area contributed by atoms with Gasteiger partial charge in [0.25, 0.3) is 0 Å². The molecule has 0 saturated carbocycles. The summed E-state index contributed by atoms with van der Waals surface area (Å²) in [6, 6.07) is 48.2. The number of hydrogen-bond acceptors (Lipinski definition) is 3. The van der Waals surface area contributed by atoms with E-state index in [1.165, 1.54) is 50.3 Å². The second kappa shape index (κ2) is 9.25. The molecule has 0 radical (unpaired) electrons. The van der Waals surface area contributed by atoms with Crippen molar-refractivity contribution >= 4 is 42.9 Å². The first-order chi connectivity index (χ1) is 21.6. The molecule has 2 aliphatic rings. The van der Waals surface area contributed by atoms with Crippen LogP contribution in [0.2, 0.25) is 0 Å². The van der Waals surface area contributed by atoms with Gasteiger partial charge in [0.2, 0.25) is 0 Å². The van der Waals surface area contributed by atoms with Crippen molar-refractivity contribution in [2.75, 3.05) is 4.90 Å². The summed E-state index contributed by atoms with van der Waals surface area (Å²) in [7, 11) is 0. The molecule has 1 spiro atoms. The molecule has 3 heteroatoms. The van der Waals surface area contributed by atoms with Crippen LogP contribution in [0.1, 0.15) is 36.1 Å². The van der Waals surface area contributed by atoms with Crippen LogP contribution in [-0.4, -0.2) is 6.04 Å². The number of nitrogens with zero attached hydrogens (tertiary/aromatic N) is 1. The van der Waals surface area contributed by atoms with Crippen LogP contribution in [-0.2, 0) is 5.41 Å². The molecule has 1 unspecified atom stereocenters. The highest BCUT2D eigenvalue weighted by atomic mass is 32.1. The SMILES string of the molecule is CC(C)N(c1ccccc1)c1ccc2c(c1)C1(c3ccccc3-2)c2ccccc2-c2cc3c(=O)c4ccccc4sc3cc21. The van der Waals surface area contributed by atoms with Crippen LogP contribution in [0.5, 0.6) is 0 Å². The number of fused-ring (bicyclic) bond motifs is 12. The first-order valence-corrected chi connectivity index (χ1v) is 16.1.